The molecule has 10 nitrogen and oxygen atoms in total. The van der Waals surface area contributed by atoms with Crippen LogP contribution in [-0.2, 0) is 49.8 Å². The van der Waals surface area contributed by atoms with E-state index in [1.54, 1.807) is 18.2 Å². The molecule has 56 heavy (non-hydrogen) atoms. The van der Waals surface area contributed by atoms with Crippen LogP contribution in [0.4, 0.5) is 4.79 Å². The zero-order valence-corrected chi connectivity index (χ0v) is 33.0. The van der Waals surface area contributed by atoms with Gasteiger partial charge < -0.3 is 29.0 Å². The number of hydrogen-bond donors (Lipinski definition) is 1. The monoisotopic (exact) mass is 756 g/mol. The second kappa shape index (κ2) is 16.7. The van der Waals surface area contributed by atoms with Gasteiger partial charge in [0.15, 0.2) is 0 Å². The quantitative estimate of drug-likeness (QED) is 0.166. The lowest BCUT2D eigenvalue weighted by Gasteiger charge is -2.35. The number of hydrogen-bond acceptors (Lipinski definition) is 7. The fourth-order valence-corrected chi connectivity index (χ4v) is 8.39. The predicted molar refractivity (Wildman–Crippen MR) is 217 cm³/mol. The molecule has 2 aromatic heterocycles. The Morgan fingerprint density at radius 1 is 1.00 bits per heavy atom. The average Bonchev–Trinajstić information content (AvgIpc) is 3.50. The van der Waals surface area contributed by atoms with Crippen molar-refractivity contribution in [1.82, 2.24) is 19.8 Å². The average molecular weight is 757 g/mol. The molecule has 7 rings (SSSR count). The number of aryl methyl sites for hydroxylation is 1. The Morgan fingerprint density at radius 3 is 2.59 bits per heavy atom. The molecule has 1 N–H and O–H groups in total. The van der Waals surface area contributed by atoms with Crippen LogP contribution in [0.15, 0.2) is 91.1 Å². The largest absolute Gasteiger partial charge is 0.459 e. The Hall–Kier alpha value is -5.48. The molecule has 0 saturated carbocycles. The molecule has 1 saturated heterocycles. The molecular formula is C46H52N4O6. The molecule has 4 heterocycles. The molecule has 292 valence electrons. The van der Waals surface area contributed by atoms with E-state index in [9.17, 15) is 14.4 Å². The van der Waals surface area contributed by atoms with Crippen molar-refractivity contribution in [2.75, 3.05) is 20.2 Å². The number of piperidine rings is 1. The first kappa shape index (κ1) is 38.8. The van der Waals surface area contributed by atoms with Crippen molar-refractivity contribution in [3.63, 3.8) is 0 Å². The lowest BCUT2D eigenvalue weighted by molar-refractivity contribution is -0.158. The number of benzene rings is 3. The van der Waals surface area contributed by atoms with E-state index in [1.807, 2.05) is 69.3 Å². The first-order valence-corrected chi connectivity index (χ1v) is 19.7. The number of ether oxygens (including phenoxy) is 3. The van der Waals surface area contributed by atoms with E-state index in [2.05, 4.69) is 53.2 Å². The Morgan fingerprint density at radius 2 is 1.80 bits per heavy atom. The summed E-state index contributed by atoms with van der Waals surface area (Å²) in [5, 5.41) is 3.96. The molecule has 0 radical (unpaired) electrons. The van der Waals surface area contributed by atoms with Crippen LogP contribution >= 0.6 is 0 Å². The van der Waals surface area contributed by atoms with Crippen LogP contribution in [0.1, 0.15) is 75.4 Å². The first-order valence-electron chi connectivity index (χ1n) is 19.7. The molecule has 0 aliphatic carbocycles. The molecule has 3 aromatic carbocycles. The number of fused-ring (bicyclic) bond motifs is 6. The van der Waals surface area contributed by atoms with Gasteiger partial charge in [-0.1, -0.05) is 60.7 Å². The Balaban J connectivity index is 1.33. The molecule has 6 bridgehead atoms. The number of rotatable bonds is 7. The number of carbonyl (C=O) groups is 3. The van der Waals surface area contributed by atoms with Gasteiger partial charge in [-0.15, -0.1) is 0 Å². The van der Waals surface area contributed by atoms with Crippen LogP contribution in [0, 0.1) is 5.92 Å². The molecule has 0 spiro atoms. The van der Waals surface area contributed by atoms with Crippen LogP contribution in [0.5, 0.6) is 0 Å². The first-order chi connectivity index (χ1) is 27.0. The summed E-state index contributed by atoms with van der Waals surface area (Å²) in [6.07, 6.45) is 3.39. The van der Waals surface area contributed by atoms with E-state index >= 15 is 0 Å². The molecule has 0 unspecified atom stereocenters. The van der Waals surface area contributed by atoms with E-state index in [0.29, 0.717) is 26.1 Å². The molecule has 3 atom stereocenters. The maximum atomic E-state index is 14.3. The second-order valence-corrected chi connectivity index (χ2v) is 15.7. The number of alkyl carbamates (subject to hydrolysis) is 1. The Bertz CT molecular complexity index is 2210. The summed E-state index contributed by atoms with van der Waals surface area (Å²) in [4.78, 5) is 47.8. The van der Waals surface area contributed by atoms with Gasteiger partial charge in [-0.2, -0.15) is 0 Å². The van der Waals surface area contributed by atoms with Crippen molar-refractivity contribution in [2.24, 2.45) is 5.92 Å². The molecule has 10 heteroatoms. The van der Waals surface area contributed by atoms with E-state index in [0.717, 1.165) is 68.5 Å². The molecule has 5 aromatic rings. The van der Waals surface area contributed by atoms with Gasteiger partial charge in [-0.25, -0.2) is 4.79 Å². The Kier molecular flexibility index (Phi) is 11.6. The highest BCUT2D eigenvalue weighted by atomic mass is 16.6. The highest BCUT2D eigenvalue weighted by molar-refractivity contribution is 5.95. The number of cyclic esters (lactones) is 1. The van der Waals surface area contributed by atoms with Crippen molar-refractivity contribution < 1.29 is 28.6 Å². The topological polar surface area (TPSA) is 112 Å². The van der Waals surface area contributed by atoms with Crippen molar-refractivity contribution in [3.8, 4) is 22.4 Å². The smallest absolute Gasteiger partial charge is 0.408 e. The molecule has 1 fully saturated rings. The van der Waals surface area contributed by atoms with Crippen LogP contribution in [0.25, 0.3) is 33.3 Å². The van der Waals surface area contributed by atoms with Crippen molar-refractivity contribution >= 4 is 28.9 Å². The van der Waals surface area contributed by atoms with Gasteiger partial charge in [0.2, 0.25) is 5.91 Å². The molecule has 2 amide bonds. The van der Waals surface area contributed by atoms with Gasteiger partial charge in [0.25, 0.3) is 0 Å². The van der Waals surface area contributed by atoms with Gasteiger partial charge in [-0.05, 0) is 98.5 Å². The summed E-state index contributed by atoms with van der Waals surface area (Å²) in [6.45, 7) is 9.85. The fourth-order valence-electron chi connectivity index (χ4n) is 8.39. The summed E-state index contributed by atoms with van der Waals surface area (Å²) < 4.78 is 20.0. The van der Waals surface area contributed by atoms with Crippen molar-refractivity contribution in [2.45, 2.75) is 90.7 Å². The zero-order valence-electron chi connectivity index (χ0n) is 33.0. The number of pyridine rings is 1. The third-order valence-corrected chi connectivity index (χ3v) is 11.1. The van der Waals surface area contributed by atoms with E-state index < -0.39 is 17.7 Å². The van der Waals surface area contributed by atoms with Crippen LogP contribution < -0.4 is 5.32 Å². The van der Waals surface area contributed by atoms with Crippen molar-refractivity contribution in [1.29, 1.82) is 0 Å². The summed E-state index contributed by atoms with van der Waals surface area (Å²) in [5.74, 6) is -0.553. The van der Waals surface area contributed by atoms with Gasteiger partial charge in [0.05, 0.1) is 23.9 Å². The third-order valence-electron chi connectivity index (χ3n) is 11.1. The van der Waals surface area contributed by atoms with Gasteiger partial charge in [0.1, 0.15) is 18.2 Å². The maximum absolute atomic E-state index is 14.3. The summed E-state index contributed by atoms with van der Waals surface area (Å²) in [6, 6.07) is 27.3. The number of nitrogens with zero attached hydrogens (tertiary/aromatic N) is 3. The number of nitrogens with one attached hydrogen (secondary N) is 1. The van der Waals surface area contributed by atoms with Gasteiger partial charge in [0, 0.05) is 62.2 Å². The number of amides is 2. The minimum absolute atomic E-state index is 0.0718. The highest BCUT2D eigenvalue weighted by Crippen LogP contribution is 2.41. The second-order valence-electron chi connectivity index (χ2n) is 15.7. The minimum atomic E-state index is -0.865. The van der Waals surface area contributed by atoms with Crippen LogP contribution in [-0.4, -0.2) is 64.3 Å². The van der Waals surface area contributed by atoms with E-state index in [-0.39, 0.29) is 43.3 Å². The number of carbonyl (C=O) groups excluding carboxylic acids is 3. The van der Waals surface area contributed by atoms with Gasteiger partial charge >= 0.3 is 12.1 Å². The lowest BCUT2D eigenvalue weighted by Crippen LogP contribution is -2.52. The number of aromatic nitrogens is 2. The Labute approximate surface area is 329 Å². The van der Waals surface area contributed by atoms with E-state index in [4.69, 9.17) is 19.2 Å². The molecule has 2 aliphatic rings. The minimum Gasteiger partial charge on any atom is -0.459 e. The van der Waals surface area contributed by atoms with Crippen LogP contribution in [0.2, 0.25) is 0 Å². The standard InChI is InChI=1S/C46H52N4O6/c1-6-50-40-20-19-35-26-37(40)38(43(50)36-18-11-21-47-42(36)30(2)54-5)27-46(3,4)56-41(51)25-33-16-12-22-49(28-33)44(52)39(24-32-15-10-17-34(35)23-32)48-45(53)55-29-31-13-8-7-9-14-31/h7-11,13-15,17-21,23,26,30,33,39H,6,12,16,22,24-25,27-29H2,1-5H3,(H,48,53)/t30-,33-,39-/m0/s1. The van der Waals surface area contributed by atoms with Crippen molar-refractivity contribution in [3.05, 3.63) is 114 Å². The number of methoxy groups -OCH3 is 1. The predicted octanol–water partition coefficient (Wildman–Crippen LogP) is 8.44. The normalized spacial score (nSPS) is 19.2. The fraction of sp³-hybridized carbons (Fsp3) is 0.391. The van der Waals surface area contributed by atoms with Gasteiger partial charge in [-0.3, -0.25) is 14.6 Å². The zero-order chi connectivity index (χ0) is 39.4. The lowest BCUT2D eigenvalue weighted by atomic mass is 9.90. The number of esters is 1. The molecule has 2 aliphatic heterocycles. The van der Waals surface area contributed by atoms with Crippen LogP contribution in [0.3, 0.4) is 0 Å². The summed E-state index contributed by atoms with van der Waals surface area (Å²) >= 11 is 0. The molecular weight excluding hydrogens is 705 g/mol. The SMILES string of the molecule is CCn1c(-c2cccnc2[C@H](C)OC)c2c3cc(ccc31)-c1cccc(c1)C[C@H](NC(=O)OCc1ccccc1)C(=O)N1CCC[C@@H](CC(=O)OC(C)(C)C2)C1. The highest BCUT2D eigenvalue weighted by Gasteiger charge is 2.34. The van der Waals surface area contributed by atoms with E-state index in [1.165, 1.54) is 0 Å². The summed E-state index contributed by atoms with van der Waals surface area (Å²) in [7, 11) is 1.69. The maximum Gasteiger partial charge on any atom is 0.408 e. The summed E-state index contributed by atoms with van der Waals surface area (Å²) in [5.41, 5.74) is 7.90. The third kappa shape index (κ3) is 8.50.